The molecule has 1 aromatic heterocycles. The molecule has 1 aromatic rings. The van der Waals surface area contributed by atoms with Gasteiger partial charge >= 0.3 is 11.8 Å². The Morgan fingerprint density at radius 2 is 1.78 bits per heavy atom. The van der Waals surface area contributed by atoms with Crippen molar-refractivity contribution in [3.8, 4) is 0 Å². The first kappa shape index (κ1) is 14.2. The highest BCUT2D eigenvalue weighted by Crippen LogP contribution is 1.96. The van der Waals surface area contributed by atoms with Crippen molar-refractivity contribution < 1.29 is 9.59 Å². The molecule has 0 atom stereocenters. The van der Waals surface area contributed by atoms with Gasteiger partial charge in [-0.3, -0.25) is 14.6 Å². The predicted molar refractivity (Wildman–Crippen MR) is 68.5 cm³/mol. The number of pyridine rings is 1. The zero-order valence-electron chi connectivity index (χ0n) is 10.8. The SMILES string of the molecule is CC(C)CCNC(=O)C(=O)NCc1ccncc1. The molecule has 0 unspecified atom stereocenters. The Kier molecular flexibility index (Phi) is 5.84. The number of nitrogens with zero attached hydrogens (tertiary/aromatic N) is 1. The highest BCUT2D eigenvalue weighted by molar-refractivity contribution is 6.35. The minimum Gasteiger partial charge on any atom is -0.348 e. The second-order valence-electron chi connectivity index (χ2n) is 4.48. The van der Waals surface area contributed by atoms with Gasteiger partial charge in [0.05, 0.1) is 0 Å². The van der Waals surface area contributed by atoms with Crippen LogP contribution in [0.3, 0.4) is 0 Å². The molecule has 2 amide bonds. The summed E-state index contributed by atoms with van der Waals surface area (Å²) in [7, 11) is 0. The first-order chi connectivity index (χ1) is 8.59. The molecule has 1 rings (SSSR count). The molecule has 0 bridgehead atoms. The van der Waals surface area contributed by atoms with Gasteiger partial charge in [0, 0.05) is 25.5 Å². The number of hydrogen-bond acceptors (Lipinski definition) is 3. The van der Waals surface area contributed by atoms with E-state index in [4.69, 9.17) is 0 Å². The highest BCUT2D eigenvalue weighted by Gasteiger charge is 2.12. The van der Waals surface area contributed by atoms with Crippen LogP contribution in [-0.2, 0) is 16.1 Å². The molecule has 0 saturated carbocycles. The summed E-state index contributed by atoms with van der Waals surface area (Å²) < 4.78 is 0. The lowest BCUT2D eigenvalue weighted by Gasteiger charge is -2.07. The van der Waals surface area contributed by atoms with E-state index in [1.54, 1.807) is 24.5 Å². The smallest absolute Gasteiger partial charge is 0.309 e. The molecular formula is C13H19N3O2. The van der Waals surface area contributed by atoms with E-state index >= 15 is 0 Å². The first-order valence-electron chi connectivity index (χ1n) is 6.04. The van der Waals surface area contributed by atoms with Gasteiger partial charge in [-0.2, -0.15) is 0 Å². The maximum Gasteiger partial charge on any atom is 0.309 e. The van der Waals surface area contributed by atoms with Gasteiger partial charge in [-0.1, -0.05) is 13.8 Å². The van der Waals surface area contributed by atoms with Crippen molar-refractivity contribution in [1.29, 1.82) is 0 Å². The van der Waals surface area contributed by atoms with E-state index in [0.717, 1.165) is 12.0 Å². The van der Waals surface area contributed by atoms with Crippen LogP contribution in [-0.4, -0.2) is 23.3 Å². The summed E-state index contributed by atoms with van der Waals surface area (Å²) in [6.45, 7) is 4.99. The molecule has 0 radical (unpaired) electrons. The average molecular weight is 249 g/mol. The normalized spacial score (nSPS) is 10.2. The van der Waals surface area contributed by atoms with Crippen LogP contribution in [0.25, 0.3) is 0 Å². The predicted octanol–water partition coefficient (Wildman–Crippen LogP) is 0.860. The Hall–Kier alpha value is -1.91. The number of hydrogen-bond donors (Lipinski definition) is 2. The summed E-state index contributed by atoms with van der Waals surface area (Å²) in [6, 6.07) is 3.58. The van der Waals surface area contributed by atoms with Crippen molar-refractivity contribution in [1.82, 2.24) is 15.6 Å². The molecular weight excluding hydrogens is 230 g/mol. The van der Waals surface area contributed by atoms with Crippen LogP contribution in [0.1, 0.15) is 25.8 Å². The number of rotatable bonds is 5. The van der Waals surface area contributed by atoms with Crippen molar-refractivity contribution >= 4 is 11.8 Å². The average Bonchev–Trinajstić information content (AvgIpc) is 2.36. The summed E-state index contributed by atoms with van der Waals surface area (Å²) in [5.41, 5.74) is 0.910. The minimum atomic E-state index is -0.601. The van der Waals surface area contributed by atoms with Crippen molar-refractivity contribution in [2.24, 2.45) is 5.92 Å². The minimum absolute atomic E-state index is 0.332. The number of amides is 2. The van der Waals surface area contributed by atoms with E-state index in [0.29, 0.717) is 19.0 Å². The number of carbonyl (C=O) groups is 2. The third kappa shape index (κ3) is 5.43. The van der Waals surface area contributed by atoms with Gasteiger partial charge in [-0.25, -0.2) is 0 Å². The number of aromatic nitrogens is 1. The molecule has 0 spiro atoms. The lowest BCUT2D eigenvalue weighted by molar-refractivity contribution is -0.139. The van der Waals surface area contributed by atoms with Crippen LogP contribution in [0.5, 0.6) is 0 Å². The summed E-state index contributed by atoms with van der Waals surface area (Å²) in [5, 5.41) is 5.14. The Balaban J connectivity index is 2.26. The zero-order chi connectivity index (χ0) is 13.4. The van der Waals surface area contributed by atoms with E-state index < -0.39 is 11.8 Å². The van der Waals surface area contributed by atoms with Crippen molar-refractivity contribution in [2.75, 3.05) is 6.54 Å². The molecule has 0 saturated heterocycles. The molecule has 1 heterocycles. The fourth-order valence-electron chi connectivity index (χ4n) is 1.32. The lowest BCUT2D eigenvalue weighted by Crippen LogP contribution is -2.40. The lowest BCUT2D eigenvalue weighted by atomic mass is 10.1. The second kappa shape index (κ2) is 7.42. The first-order valence-corrected chi connectivity index (χ1v) is 6.04. The Morgan fingerprint density at radius 3 is 2.39 bits per heavy atom. The molecule has 18 heavy (non-hydrogen) atoms. The monoisotopic (exact) mass is 249 g/mol. The van der Waals surface area contributed by atoms with Crippen molar-refractivity contribution in [2.45, 2.75) is 26.8 Å². The van der Waals surface area contributed by atoms with Crippen LogP contribution < -0.4 is 10.6 Å². The fourth-order valence-corrected chi connectivity index (χ4v) is 1.32. The van der Waals surface area contributed by atoms with Crippen molar-refractivity contribution in [3.05, 3.63) is 30.1 Å². The van der Waals surface area contributed by atoms with E-state index in [2.05, 4.69) is 29.5 Å². The summed E-state index contributed by atoms with van der Waals surface area (Å²) >= 11 is 0. The third-order valence-electron chi connectivity index (χ3n) is 2.42. The standard InChI is InChI=1S/C13H19N3O2/c1-10(2)3-8-15-12(17)13(18)16-9-11-4-6-14-7-5-11/h4-7,10H,3,8-9H2,1-2H3,(H,15,17)(H,16,18). The molecule has 0 fully saturated rings. The van der Waals surface area contributed by atoms with Gasteiger partial charge in [0.25, 0.3) is 0 Å². The Bertz CT molecular complexity index is 390. The van der Waals surface area contributed by atoms with Crippen molar-refractivity contribution in [3.63, 3.8) is 0 Å². The Morgan fingerprint density at radius 1 is 1.17 bits per heavy atom. The molecule has 0 aliphatic rings. The molecule has 5 nitrogen and oxygen atoms in total. The highest BCUT2D eigenvalue weighted by atomic mass is 16.2. The molecule has 0 aromatic carbocycles. The fraction of sp³-hybridized carbons (Fsp3) is 0.462. The molecule has 0 aliphatic heterocycles. The van der Waals surface area contributed by atoms with Gasteiger partial charge in [0.15, 0.2) is 0 Å². The van der Waals surface area contributed by atoms with Crippen LogP contribution in [0.15, 0.2) is 24.5 Å². The van der Waals surface area contributed by atoms with Gasteiger partial charge in [0.1, 0.15) is 0 Å². The third-order valence-corrected chi connectivity index (χ3v) is 2.42. The van der Waals surface area contributed by atoms with E-state index in [1.807, 2.05) is 0 Å². The van der Waals surface area contributed by atoms with Crippen LogP contribution in [0.4, 0.5) is 0 Å². The molecule has 5 heteroatoms. The number of carbonyl (C=O) groups excluding carboxylic acids is 2. The van der Waals surface area contributed by atoms with E-state index in [-0.39, 0.29) is 0 Å². The largest absolute Gasteiger partial charge is 0.348 e. The molecule has 98 valence electrons. The second-order valence-corrected chi connectivity index (χ2v) is 4.48. The van der Waals surface area contributed by atoms with E-state index in [1.165, 1.54) is 0 Å². The van der Waals surface area contributed by atoms with Gasteiger partial charge in [-0.15, -0.1) is 0 Å². The Labute approximate surface area is 107 Å². The summed E-state index contributed by atoms with van der Waals surface area (Å²) in [5.74, 6) is -0.676. The van der Waals surface area contributed by atoms with Crippen LogP contribution >= 0.6 is 0 Å². The zero-order valence-corrected chi connectivity index (χ0v) is 10.8. The topological polar surface area (TPSA) is 71.1 Å². The number of nitrogens with one attached hydrogen (secondary N) is 2. The maximum atomic E-state index is 11.5. The van der Waals surface area contributed by atoms with Gasteiger partial charge in [0.2, 0.25) is 0 Å². The summed E-state index contributed by atoms with van der Waals surface area (Å²) in [6.07, 6.45) is 4.15. The van der Waals surface area contributed by atoms with Crippen LogP contribution in [0.2, 0.25) is 0 Å². The van der Waals surface area contributed by atoms with Gasteiger partial charge < -0.3 is 10.6 Å². The molecule has 0 aliphatic carbocycles. The van der Waals surface area contributed by atoms with E-state index in [9.17, 15) is 9.59 Å². The maximum absolute atomic E-state index is 11.5. The quantitative estimate of drug-likeness (QED) is 0.760. The summed E-state index contributed by atoms with van der Waals surface area (Å²) in [4.78, 5) is 26.7. The van der Waals surface area contributed by atoms with Crippen LogP contribution in [0, 0.1) is 5.92 Å². The molecule has 2 N–H and O–H groups in total. The van der Waals surface area contributed by atoms with Gasteiger partial charge in [-0.05, 0) is 30.0 Å².